The molecule has 3 nitrogen and oxygen atoms in total. The minimum atomic E-state index is -0.225. The first-order valence-electron chi connectivity index (χ1n) is 6.25. The van der Waals surface area contributed by atoms with Crippen LogP contribution in [-0.4, -0.2) is 5.97 Å². The molecule has 100 valence electrons. The molecule has 0 fully saturated rings. The molecule has 2 N–H and O–H groups in total. The molecule has 4 heteroatoms. The summed E-state index contributed by atoms with van der Waals surface area (Å²) < 4.78 is 5.26. The lowest BCUT2D eigenvalue weighted by atomic mass is 10.1. The lowest BCUT2D eigenvalue weighted by Gasteiger charge is -2.04. The van der Waals surface area contributed by atoms with Crippen molar-refractivity contribution in [3.63, 3.8) is 0 Å². The molecule has 19 heavy (non-hydrogen) atoms. The van der Waals surface area contributed by atoms with Crippen LogP contribution < -0.4 is 5.73 Å². The predicted octanol–water partition coefficient (Wildman–Crippen LogP) is 3.18. The number of hydrogen-bond donors (Lipinski definition) is 1. The Labute approximate surface area is 117 Å². The molecule has 0 atom stereocenters. The zero-order valence-corrected chi connectivity index (χ0v) is 11.7. The highest BCUT2D eigenvalue weighted by Gasteiger charge is 2.06. The largest absolute Gasteiger partial charge is 0.460 e. The number of ether oxygens (including phenoxy) is 1. The average Bonchev–Trinajstić information content (AvgIpc) is 2.84. The van der Waals surface area contributed by atoms with Crippen LogP contribution in [0.15, 0.2) is 36.4 Å². The van der Waals surface area contributed by atoms with E-state index in [0.29, 0.717) is 12.3 Å². The van der Waals surface area contributed by atoms with Gasteiger partial charge >= 0.3 is 5.97 Å². The Morgan fingerprint density at radius 1 is 1.26 bits per heavy atom. The molecule has 0 saturated carbocycles. The van der Waals surface area contributed by atoms with Gasteiger partial charge in [0.05, 0.1) is 6.42 Å². The summed E-state index contributed by atoms with van der Waals surface area (Å²) in [5.74, 6) is -0.225. The molecule has 2 rings (SSSR count). The second-order valence-electron chi connectivity index (χ2n) is 4.30. The number of carbonyl (C=O) groups excluding carboxylic acids is 1. The van der Waals surface area contributed by atoms with Crippen LogP contribution in [0.25, 0.3) is 0 Å². The second-order valence-corrected chi connectivity index (χ2v) is 5.56. The van der Waals surface area contributed by atoms with Gasteiger partial charge in [0.15, 0.2) is 0 Å². The molecule has 0 aliphatic heterocycles. The van der Waals surface area contributed by atoms with Crippen LogP contribution in [0.3, 0.4) is 0 Å². The molecule has 0 aliphatic rings. The topological polar surface area (TPSA) is 52.3 Å². The maximum absolute atomic E-state index is 11.7. The Bertz CT molecular complexity index is 563. The van der Waals surface area contributed by atoms with Gasteiger partial charge in [-0.3, -0.25) is 4.79 Å². The van der Waals surface area contributed by atoms with E-state index in [9.17, 15) is 4.79 Å². The standard InChI is InChI=1S/C15H17NO2S/c1-2-13-6-7-14(19-13)10-18-15(17)9-11-4-3-5-12(16)8-11/h3-8H,2,9-10,16H2,1H3. The molecule has 1 heterocycles. The van der Waals surface area contributed by atoms with Crippen LogP contribution in [0.1, 0.15) is 22.2 Å². The minimum Gasteiger partial charge on any atom is -0.460 e. The summed E-state index contributed by atoms with van der Waals surface area (Å²) in [6, 6.07) is 11.4. The van der Waals surface area contributed by atoms with Crippen LogP contribution >= 0.6 is 11.3 Å². The van der Waals surface area contributed by atoms with Gasteiger partial charge in [0.2, 0.25) is 0 Å². The van der Waals surface area contributed by atoms with Crippen molar-refractivity contribution in [2.75, 3.05) is 5.73 Å². The highest BCUT2D eigenvalue weighted by atomic mass is 32.1. The Balaban J connectivity index is 1.84. The highest BCUT2D eigenvalue weighted by Crippen LogP contribution is 2.18. The molecular formula is C15H17NO2S. The molecule has 0 bridgehead atoms. The Morgan fingerprint density at radius 2 is 2.05 bits per heavy atom. The van der Waals surface area contributed by atoms with Gasteiger partial charge in [-0.25, -0.2) is 0 Å². The van der Waals surface area contributed by atoms with Gasteiger partial charge in [-0.1, -0.05) is 19.1 Å². The highest BCUT2D eigenvalue weighted by molar-refractivity contribution is 7.11. The number of carbonyl (C=O) groups is 1. The first-order valence-corrected chi connectivity index (χ1v) is 7.06. The van der Waals surface area contributed by atoms with Crippen molar-refractivity contribution in [3.05, 3.63) is 51.7 Å². The number of esters is 1. The number of aryl methyl sites for hydroxylation is 1. The molecule has 0 aliphatic carbocycles. The fourth-order valence-corrected chi connectivity index (χ4v) is 2.63. The maximum atomic E-state index is 11.7. The number of rotatable bonds is 5. The van der Waals surface area contributed by atoms with E-state index >= 15 is 0 Å². The molecular weight excluding hydrogens is 258 g/mol. The van der Waals surface area contributed by atoms with Gasteiger partial charge in [-0.05, 0) is 36.2 Å². The second kappa shape index (κ2) is 6.38. The van der Waals surface area contributed by atoms with E-state index in [1.807, 2.05) is 18.2 Å². The zero-order chi connectivity index (χ0) is 13.7. The molecule has 0 spiro atoms. The van der Waals surface area contributed by atoms with Gasteiger partial charge in [0.1, 0.15) is 6.61 Å². The van der Waals surface area contributed by atoms with E-state index < -0.39 is 0 Å². The van der Waals surface area contributed by atoms with Crippen LogP contribution in [0.2, 0.25) is 0 Å². The fourth-order valence-electron chi connectivity index (χ4n) is 1.76. The van der Waals surface area contributed by atoms with E-state index in [1.165, 1.54) is 4.88 Å². The third-order valence-electron chi connectivity index (χ3n) is 2.74. The minimum absolute atomic E-state index is 0.225. The van der Waals surface area contributed by atoms with Crippen molar-refractivity contribution in [2.45, 2.75) is 26.4 Å². The van der Waals surface area contributed by atoms with Crippen molar-refractivity contribution >= 4 is 23.0 Å². The average molecular weight is 275 g/mol. The zero-order valence-electron chi connectivity index (χ0n) is 10.9. The van der Waals surface area contributed by atoms with Crippen LogP contribution in [0.4, 0.5) is 5.69 Å². The van der Waals surface area contributed by atoms with Gasteiger partial charge in [-0.15, -0.1) is 11.3 Å². The van der Waals surface area contributed by atoms with Gasteiger partial charge in [0, 0.05) is 15.4 Å². The molecule has 1 aromatic heterocycles. The van der Waals surface area contributed by atoms with Crippen molar-refractivity contribution in [2.24, 2.45) is 0 Å². The van der Waals surface area contributed by atoms with E-state index in [4.69, 9.17) is 10.5 Å². The summed E-state index contributed by atoms with van der Waals surface area (Å²) in [4.78, 5) is 14.1. The number of anilines is 1. The van der Waals surface area contributed by atoms with Gasteiger partial charge in [-0.2, -0.15) is 0 Å². The van der Waals surface area contributed by atoms with E-state index in [1.54, 1.807) is 23.5 Å². The smallest absolute Gasteiger partial charge is 0.310 e. The van der Waals surface area contributed by atoms with Crippen LogP contribution in [-0.2, 0) is 29.0 Å². The summed E-state index contributed by atoms with van der Waals surface area (Å²) in [6.07, 6.45) is 1.28. The number of nitrogen functional groups attached to an aromatic ring is 1. The Kier molecular flexibility index (Phi) is 4.58. The molecule has 0 saturated heterocycles. The Hall–Kier alpha value is -1.81. The SMILES string of the molecule is CCc1ccc(COC(=O)Cc2cccc(N)c2)s1. The van der Waals surface area contributed by atoms with Crippen molar-refractivity contribution in [1.29, 1.82) is 0 Å². The third kappa shape index (κ3) is 4.10. The Morgan fingerprint density at radius 3 is 2.74 bits per heavy atom. The number of hydrogen-bond acceptors (Lipinski definition) is 4. The van der Waals surface area contributed by atoms with E-state index in [0.717, 1.165) is 16.9 Å². The van der Waals surface area contributed by atoms with Crippen molar-refractivity contribution in [3.8, 4) is 0 Å². The molecule has 0 unspecified atom stereocenters. The maximum Gasteiger partial charge on any atom is 0.310 e. The number of thiophene rings is 1. The predicted molar refractivity (Wildman–Crippen MR) is 78.1 cm³/mol. The fraction of sp³-hybridized carbons (Fsp3) is 0.267. The molecule has 0 radical (unpaired) electrons. The number of benzene rings is 1. The lowest BCUT2D eigenvalue weighted by molar-refractivity contribution is -0.144. The number of nitrogens with two attached hydrogens (primary N) is 1. The van der Waals surface area contributed by atoms with Crippen LogP contribution in [0, 0.1) is 0 Å². The molecule has 2 aromatic rings. The summed E-state index contributed by atoms with van der Waals surface area (Å²) in [7, 11) is 0. The monoisotopic (exact) mass is 275 g/mol. The summed E-state index contributed by atoms with van der Waals surface area (Å²) in [6.45, 7) is 2.47. The molecule has 1 aromatic carbocycles. The first kappa shape index (κ1) is 13.6. The van der Waals surface area contributed by atoms with Gasteiger partial charge < -0.3 is 10.5 Å². The van der Waals surface area contributed by atoms with Gasteiger partial charge in [0.25, 0.3) is 0 Å². The first-order chi connectivity index (χ1) is 9.17. The summed E-state index contributed by atoms with van der Waals surface area (Å²) in [5, 5.41) is 0. The quantitative estimate of drug-likeness (QED) is 0.673. The van der Waals surface area contributed by atoms with E-state index in [-0.39, 0.29) is 12.4 Å². The lowest BCUT2D eigenvalue weighted by Crippen LogP contribution is -2.07. The van der Waals surface area contributed by atoms with E-state index in [2.05, 4.69) is 13.0 Å². The van der Waals surface area contributed by atoms with Crippen molar-refractivity contribution < 1.29 is 9.53 Å². The normalized spacial score (nSPS) is 10.4. The summed E-state index contributed by atoms with van der Waals surface area (Å²) >= 11 is 1.69. The van der Waals surface area contributed by atoms with Crippen LogP contribution in [0.5, 0.6) is 0 Å². The van der Waals surface area contributed by atoms with Crippen molar-refractivity contribution in [1.82, 2.24) is 0 Å². The summed E-state index contributed by atoms with van der Waals surface area (Å²) in [5.41, 5.74) is 7.21. The molecule has 0 amide bonds. The third-order valence-corrected chi connectivity index (χ3v) is 3.94.